The van der Waals surface area contributed by atoms with Crippen LogP contribution in [0, 0.1) is 0 Å². The van der Waals surface area contributed by atoms with Crippen LogP contribution in [0.4, 0.5) is 11.4 Å². The van der Waals surface area contributed by atoms with Crippen LogP contribution in [-0.4, -0.2) is 24.8 Å². The lowest BCUT2D eigenvalue weighted by molar-refractivity contribution is 0.554. The summed E-state index contributed by atoms with van der Waals surface area (Å²) in [6, 6.07) is 15.1. The second kappa shape index (κ2) is 18.9. The summed E-state index contributed by atoms with van der Waals surface area (Å²) in [6.45, 7) is 1.59. The van der Waals surface area contributed by atoms with Crippen LogP contribution in [0.3, 0.4) is 0 Å². The third-order valence-electron chi connectivity index (χ3n) is 5.54. The summed E-state index contributed by atoms with van der Waals surface area (Å²) in [5.41, 5.74) is 26.8. The van der Waals surface area contributed by atoms with Crippen molar-refractivity contribution in [1.29, 1.82) is 0 Å². The normalized spacial score (nSPS) is 11.5. The molecule has 0 unspecified atom stereocenters. The molecule has 0 heterocycles. The first-order chi connectivity index (χ1) is 15.6. The predicted octanol–water partition coefficient (Wildman–Crippen LogP) is 5.71. The highest BCUT2D eigenvalue weighted by atomic mass is 35.5. The Bertz CT molecular complexity index is 764. The molecule has 8 heteroatoms. The van der Waals surface area contributed by atoms with E-state index < -0.39 is 0 Å². The van der Waals surface area contributed by atoms with E-state index in [1.165, 1.54) is 51.4 Å². The van der Waals surface area contributed by atoms with Gasteiger partial charge in [0.15, 0.2) is 0 Å². The second-order valence-electron chi connectivity index (χ2n) is 8.31. The maximum absolute atomic E-state index is 6.02. The molecule has 0 saturated carbocycles. The summed E-state index contributed by atoms with van der Waals surface area (Å²) in [4.78, 5) is 8.94. The van der Waals surface area contributed by atoms with Gasteiger partial charge in [-0.1, -0.05) is 51.4 Å². The monoisotopic (exact) mass is 508 g/mol. The summed E-state index contributed by atoms with van der Waals surface area (Å²) in [5.74, 6) is 1.20. The molecule has 0 atom stereocenters. The van der Waals surface area contributed by atoms with Crippen molar-refractivity contribution >= 4 is 47.9 Å². The number of nitrogens with zero attached hydrogens (tertiary/aromatic N) is 2. The fourth-order valence-electron chi connectivity index (χ4n) is 3.53. The first-order valence-electron chi connectivity index (χ1n) is 11.9. The zero-order chi connectivity index (χ0) is 23.0. The van der Waals surface area contributed by atoms with Gasteiger partial charge in [0.1, 0.15) is 11.7 Å². The van der Waals surface area contributed by atoms with Gasteiger partial charge in [-0.15, -0.1) is 24.8 Å². The van der Waals surface area contributed by atoms with Gasteiger partial charge in [-0.05, 0) is 61.4 Å². The first kappa shape index (κ1) is 31.6. The molecule has 0 radical (unpaired) electrons. The van der Waals surface area contributed by atoms with Crippen molar-refractivity contribution in [3.8, 4) is 0 Å². The predicted molar refractivity (Wildman–Crippen MR) is 154 cm³/mol. The van der Waals surface area contributed by atoms with Gasteiger partial charge < -0.3 is 22.9 Å². The molecule has 8 N–H and O–H groups in total. The second-order valence-corrected chi connectivity index (χ2v) is 8.31. The largest absolute Gasteiger partial charge is 0.399 e. The number of rotatable bonds is 15. The summed E-state index contributed by atoms with van der Waals surface area (Å²) in [7, 11) is 0. The summed E-state index contributed by atoms with van der Waals surface area (Å²) >= 11 is 0. The van der Waals surface area contributed by atoms with Crippen molar-refractivity contribution in [2.45, 2.75) is 64.2 Å². The van der Waals surface area contributed by atoms with E-state index in [2.05, 4.69) is 9.98 Å². The Morgan fingerprint density at radius 3 is 1.03 bits per heavy atom. The Balaban J connectivity index is 0.00000544. The van der Waals surface area contributed by atoms with Crippen LogP contribution in [0.5, 0.6) is 0 Å². The van der Waals surface area contributed by atoms with Crippen molar-refractivity contribution in [3.63, 3.8) is 0 Å². The highest BCUT2D eigenvalue weighted by molar-refractivity contribution is 5.98. The SMILES string of the molecule is Cl.Cl.NC(=NCCCCCCCCCCCCN=C(N)c1ccc(N)cc1)c1ccc(N)cc1. The number of nitrogen functional groups attached to an aromatic ring is 2. The number of amidine groups is 2. The molecule has 6 nitrogen and oxygen atoms in total. The highest BCUT2D eigenvalue weighted by Gasteiger charge is 1.99. The van der Waals surface area contributed by atoms with E-state index in [-0.39, 0.29) is 24.8 Å². The molecule has 34 heavy (non-hydrogen) atoms. The number of unbranched alkanes of at least 4 members (excludes halogenated alkanes) is 9. The lowest BCUT2D eigenvalue weighted by Crippen LogP contribution is -2.14. The molecule has 2 aromatic rings. The molecule has 2 aromatic carbocycles. The van der Waals surface area contributed by atoms with Crippen LogP contribution in [0.2, 0.25) is 0 Å². The molecule has 0 aliphatic rings. The highest BCUT2D eigenvalue weighted by Crippen LogP contribution is 2.11. The smallest absolute Gasteiger partial charge is 0.125 e. The van der Waals surface area contributed by atoms with E-state index in [1.54, 1.807) is 0 Å². The minimum Gasteiger partial charge on any atom is -0.399 e. The number of nitrogens with two attached hydrogens (primary N) is 4. The Labute approximate surface area is 217 Å². The van der Waals surface area contributed by atoms with Crippen molar-refractivity contribution in [3.05, 3.63) is 59.7 Å². The van der Waals surface area contributed by atoms with Crippen molar-refractivity contribution < 1.29 is 0 Å². The van der Waals surface area contributed by atoms with Gasteiger partial charge >= 0.3 is 0 Å². The van der Waals surface area contributed by atoms with Crippen LogP contribution in [0.25, 0.3) is 0 Å². The quantitative estimate of drug-likeness (QED) is 0.106. The van der Waals surface area contributed by atoms with Crippen molar-refractivity contribution in [2.24, 2.45) is 21.5 Å². The molecular weight excluding hydrogens is 467 g/mol. The fourth-order valence-corrected chi connectivity index (χ4v) is 3.53. The number of hydrogen-bond donors (Lipinski definition) is 4. The van der Waals surface area contributed by atoms with Crippen LogP contribution < -0.4 is 22.9 Å². The molecule has 0 aliphatic carbocycles. The Hall–Kier alpha value is -2.44. The van der Waals surface area contributed by atoms with E-state index >= 15 is 0 Å². The maximum atomic E-state index is 6.02. The minimum atomic E-state index is 0. The van der Waals surface area contributed by atoms with Gasteiger partial charge in [-0.3, -0.25) is 9.98 Å². The average Bonchev–Trinajstić information content (AvgIpc) is 2.80. The number of anilines is 2. The topological polar surface area (TPSA) is 129 Å². The molecule has 0 bridgehead atoms. The van der Waals surface area contributed by atoms with Gasteiger partial charge in [0.25, 0.3) is 0 Å². The number of hydrogen-bond acceptors (Lipinski definition) is 4. The molecule has 0 amide bonds. The maximum Gasteiger partial charge on any atom is 0.125 e. The molecular formula is C26H42Cl2N6. The number of aliphatic imine (C=N–C) groups is 2. The van der Waals surface area contributed by atoms with Crippen LogP contribution in [0.1, 0.15) is 75.3 Å². The van der Waals surface area contributed by atoms with Crippen LogP contribution >= 0.6 is 24.8 Å². The third kappa shape index (κ3) is 13.3. The van der Waals surface area contributed by atoms with E-state index in [0.717, 1.165) is 48.4 Å². The van der Waals surface area contributed by atoms with Gasteiger partial charge in [-0.2, -0.15) is 0 Å². The zero-order valence-electron chi connectivity index (χ0n) is 20.1. The Morgan fingerprint density at radius 1 is 0.471 bits per heavy atom. The van der Waals surface area contributed by atoms with Gasteiger partial charge in [0.2, 0.25) is 0 Å². The lowest BCUT2D eigenvalue weighted by Gasteiger charge is -2.04. The number of halogens is 2. The Morgan fingerprint density at radius 2 is 0.735 bits per heavy atom. The van der Waals surface area contributed by atoms with E-state index in [0.29, 0.717) is 11.7 Å². The van der Waals surface area contributed by atoms with Crippen LogP contribution in [-0.2, 0) is 0 Å². The van der Waals surface area contributed by atoms with E-state index in [1.807, 2.05) is 48.5 Å². The number of benzene rings is 2. The van der Waals surface area contributed by atoms with Crippen molar-refractivity contribution in [1.82, 2.24) is 0 Å². The summed E-state index contributed by atoms with van der Waals surface area (Å²) < 4.78 is 0. The lowest BCUT2D eigenvalue weighted by atomic mass is 10.1. The van der Waals surface area contributed by atoms with Gasteiger partial charge in [-0.25, -0.2) is 0 Å². The fraction of sp³-hybridized carbons (Fsp3) is 0.462. The Kier molecular flexibility index (Phi) is 17.6. The summed E-state index contributed by atoms with van der Waals surface area (Å²) in [6.07, 6.45) is 12.4. The zero-order valence-corrected chi connectivity index (χ0v) is 21.8. The molecule has 0 aliphatic heterocycles. The average molecular weight is 510 g/mol. The van der Waals surface area contributed by atoms with E-state index in [4.69, 9.17) is 22.9 Å². The minimum absolute atomic E-state index is 0. The van der Waals surface area contributed by atoms with Crippen LogP contribution in [0.15, 0.2) is 58.5 Å². The molecule has 2 rings (SSSR count). The first-order valence-corrected chi connectivity index (χ1v) is 11.9. The molecule has 0 fully saturated rings. The van der Waals surface area contributed by atoms with E-state index in [9.17, 15) is 0 Å². The molecule has 0 spiro atoms. The molecule has 0 saturated heterocycles. The third-order valence-corrected chi connectivity index (χ3v) is 5.54. The summed E-state index contributed by atoms with van der Waals surface area (Å²) in [5, 5.41) is 0. The van der Waals surface area contributed by atoms with Gasteiger partial charge in [0.05, 0.1) is 0 Å². The molecule has 0 aromatic heterocycles. The van der Waals surface area contributed by atoms with Crippen molar-refractivity contribution in [2.75, 3.05) is 24.6 Å². The standard InChI is InChI=1S/C26H40N6.2ClH/c27-23-15-11-21(12-16-23)25(29)31-19-9-7-5-3-1-2-4-6-8-10-20-32-26(30)22-13-17-24(28)18-14-22;;/h11-18H,1-10,19-20,27-28H2,(H2,29,31)(H2,30,32);2*1H. The molecule has 190 valence electrons. The van der Waals surface area contributed by atoms with Gasteiger partial charge in [0, 0.05) is 35.6 Å².